The van der Waals surface area contributed by atoms with Crippen LogP contribution in [-0.4, -0.2) is 40.4 Å². The number of aromatic nitrogens is 1. The first-order valence-corrected chi connectivity index (χ1v) is 9.69. The second-order valence-electron chi connectivity index (χ2n) is 6.69. The number of fused-ring (bicyclic) bond motifs is 1. The number of benzene rings is 1. The molecule has 0 atom stereocenters. The van der Waals surface area contributed by atoms with E-state index in [2.05, 4.69) is 5.32 Å². The molecule has 6 heteroatoms. The van der Waals surface area contributed by atoms with Gasteiger partial charge in [0.1, 0.15) is 0 Å². The Hall–Kier alpha value is -2.60. The Morgan fingerprint density at radius 3 is 2.62 bits per heavy atom. The van der Waals surface area contributed by atoms with Gasteiger partial charge in [-0.15, -0.1) is 11.3 Å². The van der Waals surface area contributed by atoms with Crippen molar-refractivity contribution < 1.29 is 9.59 Å². The molecule has 0 radical (unpaired) electrons. The smallest absolute Gasteiger partial charge is 0.263 e. The van der Waals surface area contributed by atoms with Gasteiger partial charge in [0.15, 0.2) is 0 Å². The Labute approximate surface area is 156 Å². The first kappa shape index (κ1) is 16.8. The third kappa shape index (κ3) is 3.12. The van der Waals surface area contributed by atoms with E-state index in [1.807, 2.05) is 64.5 Å². The topological polar surface area (TPSA) is 54.3 Å². The molecule has 1 aliphatic heterocycles. The number of hydrogen-bond donors (Lipinski definition) is 1. The lowest BCUT2D eigenvalue weighted by Crippen LogP contribution is -2.46. The highest BCUT2D eigenvalue weighted by atomic mass is 32.1. The number of rotatable bonds is 3. The molecule has 134 valence electrons. The molecule has 4 rings (SSSR count). The van der Waals surface area contributed by atoms with Gasteiger partial charge < -0.3 is 14.8 Å². The third-order valence-electron chi connectivity index (χ3n) is 4.99. The van der Waals surface area contributed by atoms with Crippen molar-refractivity contribution in [1.29, 1.82) is 0 Å². The summed E-state index contributed by atoms with van der Waals surface area (Å²) >= 11 is 1.47. The quantitative estimate of drug-likeness (QED) is 0.772. The summed E-state index contributed by atoms with van der Waals surface area (Å²) in [5.41, 5.74) is 1.76. The minimum Gasteiger partial charge on any atom is -0.350 e. The minimum atomic E-state index is -0.0372. The van der Waals surface area contributed by atoms with E-state index in [0.717, 1.165) is 28.6 Å². The van der Waals surface area contributed by atoms with Gasteiger partial charge in [0.05, 0.1) is 10.4 Å². The zero-order valence-corrected chi connectivity index (χ0v) is 15.5. The molecule has 0 bridgehead atoms. The van der Waals surface area contributed by atoms with Gasteiger partial charge in [0, 0.05) is 43.3 Å². The molecule has 1 aliphatic rings. The lowest BCUT2D eigenvalue weighted by atomic mass is 10.0. The fourth-order valence-corrected chi connectivity index (χ4v) is 4.26. The Balaban J connectivity index is 1.40. The van der Waals surface area contributed by atoms with Gasteiger partial charge in [0.25, 0.3) is 11.8 Å². The van der Waals surface area contributed by atoms with E-state index in [-0.39, 0.29) is 17.9 Å². The van der Waals surface area contributed by atoms with Crippen LogP contribution in [0, 0.1) is 0 Å². The van der Waals surface area contributed by atoms with Crippen molar-refractivity contribution in [2.45, 2.75) is 18.9 Å². The summed E-state index contributed by atoms with van der Waals surface area (Å²) in [5.74, 6) is 0.0589. The zero-order valence-electron chi connectivity index (χ0n) is 14.6. The van der Waals surface area contributed by atoms with Crippen LogP contribution in [0.1, 0.15) is 32.9 Å². The Kier molecular flexibility index (Phi) is 4.51. The average molecular weight is 367 g/mol. The number of carbonyl (C=O) groups is 2. The van der Waals surface area contributed by atoms with Crippen molar-refractivity contribution in [1.82, 2.24) is 14.8 Å². The molecule has 2 aromatic heterocycles. The molecule has 3 aromatic rings. The number of nitrogens with one attached hydrogen (secondary N) is 1. The van der Waals surface area contributed by atoms with Gasteiger partial charge in [-0.2, -0.15) is 0 Å². The Bertz CT molecular complexity index is 937. The normalized spacial score (nSPS) is 15.3. The van der Waals surface area contributed by atoms with Gasteiger partial charge in [0.2, 0.25) is 0 Å². The predicted octanol–water partition coefficient (Wildman–Crippen LogP) is 3.27. The van der Waals surface area contributed by atoms with Gasteiger partial charge in [-0.05, 0) is 30.4 Å². The molecular formula is C20H21N3O2S. The molecule has 0 aliphatic carbocycles. The Morgan fingerprint density at radius 1 is 1.12 bits per heavy atom. The standard InChI is InChI=1S/C20H21N3O2S/c1-22-13-16(15-5-2-3-6-17(15)22)19(24)21-14-8-10-23(11-9-14)20(25)18-7-4-12-26-18/h2-7,12-14H,8-11H2,1H3,(H,21,24). The number of amides is 2. The fourth-order valence-electron chi connectivity index (χ4n) is 3.57. The number of thiophene rings is 1. The molecule has 1 N–H and O–H groups in total. The zero-order chi connectivity index (χ0) is 18.1. The SMILES string of the molecule is Cn1cc(C(=O)NC2CCN(C(=O)c3cccs3)CC2)c2ccccc21. The molecular weight excluding hydrogens is 346 g/mol. The number of carbonyl (C=O) groups excluding carboxylic acids is 2. The van der Waals surface area contributed by atoms with Gasteiger partial charge >= 0.3 is 0 Å². The highest BCUT2D eigenvalue weighted by Crippen LogP contribution is 2.21. The van der Waals surface area contributed by atoms with Crippen LogP contribution in [-0.2, 0) is 7.05 Å². The summed E-state index contributed by atoms with van der Waals surface area (Å²) in [6.07, 6.45) is 3.46. The van der Waals surface area contributed by atoms with E-state index >= 15 is 0 Å². The number of para-hydroxylation sites is 1. The molecule has 0 saturated carbocycles. The van der Waals surface area contributed by atoms with Crippen LogP contribution in [0.4, 0.5) is 0 Å². The molecule has 1 fully saturated rings. The fraction of sp³-hybridized carbons (Fsp3) is 0.300. The van der Waals surface area contributed by atoms with Crippen LogP contribution in [0.2, 0.25) is 0 Å². The lowest BCUT2D eigenvalue weighted by Gasteiger charge is -2.32. The van der Waals surface area contributed by atoms with E-state index in [1.54, 1.807) is 0 Å². The highest BCUT2D eigenvalue weighted by Gasteiger charge is 2.26. The van der Waals surface area contributed by atoms with E-state index in [9.17, 15) is 9.59 Å². The highest BCUT2D eigenvalue weighted by molar-refractivity contribution is 7.12. The summed E-state index contributed by atoms with van der Waals surface area (Å²) in [5, 5.41) is 6.04. The van der Waals surface area contributed by atoms with Crippen LogP contribution < -0.4 is 5.32 Å². The molecule has 3 heterocycles. The molecule has 0 spiro atoms. The second kappa shape index (κ2) is 6.96. The van der Waals surface area contributed by atoms with Crippen molar-refractivity contribution in [3.8, 4) is 0 Å². The van der Waals surface area contributed by atoms with Gasteiger partial charge in [-0.3, -0.25) is 9.59 Å². The van der Waals surface area contributed by atoms with E-state index in [4.69, 9.17) is 0 Å². The molecule has 0 unspecified atom stereocenters. The first-order chi connectivity index (χ1) is 12.6. The maximum atomic E-state index is 12.7. The summed E-state index contributed by atoms with van der Waals surface area (Å²) in [6.45, 7) is 1.36. The number of hydrogen-bond acceptors (Lipinski definition) is 3. The summed E-state index contributed by atoms with van der Waals surface area (Å²) < 4.78 is 1.98. The van der Waals surface area contributed by atoms with Crippen LogP contribution in [0.15, 0.2) is 48.0 Å². The Morgan fingerprint density at radius 2 is 1.88 bits per heavy atom. The van der Waals surface area contributed by atoms with Crippen molar-refractivity contribution in [3.05, 3.63) is 58.4 Å². The minimum absolute atomic E-state index is 0.0372. The van der Waals surface area contributed by atoms with Crippen LogP contribution in [0.5, 0.6) is 0 Å². The molecule has 5 nitrogen and oxygen atoms in total. The van der Waals surface area contributed by atoms with Crippen molar-refractivity contribution in [3.63, 3.8) is 0 Å². The van der Waals surface area contributed by atoms with Crippen molar-refractivity contribution >= 4 is 34.1 Å². The number of piperidine rings is 1. The lowest BCUT2D eigenvalue weighted by molar-refractivity contribution is 0.0703. The molecule has 1 saturated heterocycles. The first-order valence-electron chi connectivity index (χ1n) is 8.81. The van der Waals surface area contributed by atoms with Crippen LogP contribution in [0.3, 0.4) is 0 Å². The maximum Gasteiger partial charge on any atom is 0.263 e. The summed E-state index contributed by atoms with van der Waals surface area (Å²) in [7, 11) is 1.95. The monoisotopic (exact) mass is 367 g/mol. The average Bonchev–Trinajstić information content (AvgIpc) is 3.31. The maximum absolute atomic E-state index is 12.7. The molecule has 1 aromatic carbocycles. The molecule has 26 heavy (non-hydrogen) atoms. The van der Waals surface area contributed by atoms with Crippen LogP contribution >= 0.6 is 11.3 Å². The number of likely N-dealkylation sites (tertiary alicyclic amines) is 1. The van der Waals surface area contributed by atoms with E-state index in [0.29, 0.717) is 18.7 Å². The predicted molar refractivity (Wildman–Crippen MR) is 104 cm³/mol. The van der Waals surface area contributed by atoms with E-state index < -0.39 is 0 Å². The largest absolute Gasteiger partial charge is 0.350 e. The second-order valence-corrected chi connectivity index (χ2v) is 7.64. The summed E-state index contributed by atoms with van der Waals surface area (Å²) in [4.78, 5) is 27.8. The van der Waals surface area contributed by atoms with Crippen molar-refractivity contribution in [2.75, 3.05) is 13.1 Å². The van der Waals surface area contributed by atoms with Gasteiger partial charge in [-0.25, -0.2) is 0 Å². The van der Waals surface area contributed by atoms with Gasteiger partial charge in [-0.1, -0.05) is 24.3 Å². The number of nitrogens with zero attached hydrogens (tertiary/aromatic N) is 2. The number of aryl methyl sites for hydroxylation is 1. The van der Waals surface area contributed by atoms with E-state index in [1.165, 1.54) is 11.3 Å². The molecule has 2 amide bonds. The van der Waals surface area contributed by atoms with Crippen molar-refractivity contribution in [2.24, 2.45) is 7.05 Å². The van der Waals surface area contributed by atoms with Crippen LogP contribution in [0.25, 0.3) is 10.9 Å². The third-order valence-corrected chi connectivity index (χ3v) is 5.85. The summed E-state index contributed by atoms with van der Waals surface area (Å²) in [6, 6.07) is 11.8.